The quantitative estimate of drug-likeness (QED) is 0.705. The Morgan fingerprint density at radius 3 is 2.22 bits per heavy atom. The molecule has 4 nitrogen and oxygen atoms in total. The Balaban J connectivity index is 0.000000180. The van der Waals surface area contributed by atoms with Crippen LogP contribution in [-0.4, -0.2) is 54.2 Å². The van der Waals surface area contributed by atoms with E-state index in [4.69, 9.17) is 0 Å². The molecule has 2 aliphatic rings. The van der Waals surface area contributed by atoms with Gasteiger partial charge in [-0.3, -0.25) is 14.5 Å². The third-order valence-corrected chi connectivity index (χ3v) is 3.01. The Kier molecular flexibility index (Phi) is 6.36. The monoisotopic (exact) mass is 250 g/mol. The maximum Gasteiger partial charge on any atom is 0.222 e. The van der Waals surface area contributed by atoms with Crippen LogP contribution >= 0.6 is 0 Å². The van der Waals surface area contributed by atoms with Crippen molar-refractivity contribution in [2.45, 2.75) is 19.3 Å². The molecule has 0 aromatic rings. The van der Waals surface area contributed by atoms with Crippen LogP contribution in [-0.2, 0) is 9.59 Å². The van der Waals surface area contributed by atoms with Gasteiger partial charge < -0.3 is 4.90 Å². The van der Waals surface area contributed by atoms with E-state index in [2.05, 4.69) is 18.1 Å². The smallest absolute Gasteiger partial charge is 0.222 e. The Bertz CT molecular complexity index is 326. The molecular formula is C14H22N2O2. The van der Waals surface area contributed by atoms with Crippen LogP contribution in [0.15, 0.2) is 25.3 Å². The summed E-state index contributed by atoms with van der Waals surface area (Å²) in [6, 6.07) is 0. The van der Waals surface area contributed by atoms with Crippen LogP contribution in [0.3, 0.4) is 0 Å². The number of rotatable bonds is 4. The van der Waals surface area contributed by atoms with Gasteiger partial charge in [-0.1, -0.05) is 12.2 Å². The molecule has 0 radical (unpaired) electrons. The molecule has 0 aromatic carbocycles. The molecule has 2 saturated heterocycles. The average Bonchev–Trinajstić information content (AvgIpc) is 2.91. The largest absolute Gasteiger partial charge is 0.339 e. The summed E-state index contributed by atoms with van der Waals surface area (Å²) in [5, 5.41) is 0. The Hall–Kier alpha value is -1.42. The summed E-state index contributed by atoms with van der Waals surface area (Å²) in [5.41, 5.74) is 0. The van der Waals surface area contributed by atoms with Crippen molar-refractivity contribution < 1.29 is 9.59 Å². The molecule has 1 amide bonds. The van der Waals surface area contributed by atoms with Gasteiger partial charge in [0, 0.05) is 39.0 Å². The standard InChI is InChI=1S/2C7H11NO/c1-2-5-8-6-3-4-7(8)9;1-2-4-8-5-3-7(9)6-8/h2*2H,1,3-6H2. The molecule has 2 aliphatic heterocycles. The van der Waals surface area contributed by atoms with E-state index in [-0.39, 0.29) is 5.91 Å². The number of likely N-dealkylation sites (tertiary alicyclic amines) is 2. The summed E-state index contributed by atoms with van der Waals surface area (Å²) in [6.07, 6.45) is 6.08. The summed E-state index contributed by atoms with van der Waals surface area (Å²) >= 11 is 0. The molecule has 0 bridgehead atoms. The van der Waals surface area contributed by atoms with Gasteiger partial charge >= 0.3 is 0 Å². The zero-order chi connectivity index (χ0) is 13.4. The fourth-order valence-corrected chi connectivity index (χ4v) is 2.08. The Labute approximate surface area is 109 Å². The predicted octanol–water partition coefficient (Wildman–Crippen LogP) is 1.24. The van der Waals surface area contributed by atoms with E-state index < -0.39 is 0 Å². The van der Waals surface area contributed by atoms with Gasteiger partial charge in [0.15, 0.2) is 0 Å². The summed E-state index contributed by atoms with van der Waals surface area (Å²) in [6.45, 7) is 11.2. The van der Waals surface area contributed by atoms with Gasteiger partial charge in [0.05, 0.1) is 6.54 Å². The number of carbonyl (C=O) groups excluding carboxylic acids is 2. The normalized spacial score (nSPS) is 19.7. The first-order valence-electron chi connectivity index (χ1n) is 6.41. The van der Waals surface area contributed by atoms with Gasteiger partial charge in [0.2, 0.25) is 5.91 Å². The van der Waals surface area contributed by atoms with Crippen LogP contribution < -0.4 is 0 Å². The van der Waals surface area contributed by atoms with Gasteiger partial charge in [-0.2, -0.15) is 0 Å². The van der Waals surface area contributed by atoms with Gasteiger partial charge in [-0.05, 0) is 6.42 Å². The lowest BCUT2D eigenvalue weighted by molar-refractivity contribution is -0.127. The van der Waals surface area contributed by atoms with E-state index in [1.807, 2.05) is 11.0 Å². The van der Waals surface area contributed by atoms with E-state index in [0.717, 1.165) is 45.4 Å². The molecule has 0 N–H and O–H groups in total. The van der Waals surface area contributed by atoms with Gasteiger partial charge in [0.25, 0.3) is 0 Å². The lowest BCUT2D eigenvalue weighted by Crippen LogP contribution is -2.24. The second-order valence-corrected chi connectivity index (χ2v) is 4.54. The number of hydrogen-bond acceptors (Lipinski definition) is 3. The molecule has 0 aliphatic carbocycles. The highest BCUT2D eigenvalue weighted by Gasteiger charge is 2.17. The molecule has 100 valence electrons. The van der Waals surface area contributed by atoms with E-state index in [9.17, 15) is 9.59 Å². The lowest BCUT2D eigenvalue weighted by atomic mass is 10.4. The third-order valence-electron chi connectivity index (χ3n) is 3.01. The molecule has 0 aromatic heterocycles. The summed E-state index contributed by atoms with van der Waals surface area (Å²) in [4.78, 5) is 25.4. The molecule has 2 fully saturated rings. The number of ketones is 1. The molecule has 0 spiro atoms. The van der Waals surface area contributed by atoms with E-state index in [0.29, 0.717) is 12.3 Å². The molecule has 18 heavy (non-hydrogen) atoms. The third kappa shape index (κ3) is 4.84. The fourth-order valence-electron chi connectivity index (χ4n) is 2.08. The van der Waals surface area contributed by atoms with E-state index in [1.54, 1.807) is 6.08 Å². The van der Waals surface area contributed by atoms with E-state index in [1.165, 1.54) is 0 Å². The molecule has 2 rings (SSSR count). The van der Waals surface area contributed by atoms with Crippen molar-refractivity contribution in [1.29, 1.82) is 0 Å². The number of hydrogen-bond donors (Lipinski definition) is 0. The summed E-state index contributed by atoms with van der Waals surface area (Å²) < 4.78 is 0. The van der Waals surface area contributed by atoms with Crippen molar-refractivity contribution in [2.75, 3.05) is 32.7 Å². The topological polar surface area (TPSA) is 40.6 Å². The lowest BCUT2D eigenvalue weighted by Gasteiger charge is -2.10. The van der Waals surface area contributed by atoms with Gasteiger partial charge in [-0.15, -0.1) is 13.2 Å². The van der Waals surface area contributed by atoms with Crippen LogP contribution in [0.25, 0.3) is 0 Å². The number of nitrogens with zero attached hydrogens (tertiary/aromatic N) is 2. The number of Topliss-reactive ketones (excluding diaryl/α,β-unsaturated/α-hetero) is 1. The number of amides is 1. The average molecular weight is 250 g/mol. The van der Waals surface area contributed by atoms with Crippen molar-refractivity contribution in [3.63, 3.8) is 0 Å². The molecule has 0 saturated carbocycles. The van der Waals surface area contributed by atoms with E-state index >= 15 is 0 Å². The minimum absolute atomic E-state index is 0.273. The SMILES string of the molecule is C=CCN1CCC(=O)C1.C=CCN1CCCC1=O. The first-order chi connectivity index (χ1) is 8.67. The molecule has 4 heteroatoms. The summed E-state index contributed by atoms with van der Waals surface area (Å²) in [5.74, 6) is 0.631. The number of carbonyl (C=O) groups is 2. The van der Waals surface area contributed by atoms with Gasteiger partial charge in [-0.25, -0.2) is 0 Å². The minimum Gasteiger partial charge on any atom is -0.339 e. The maximum atomic E-state index is 10.8. The molecular weight excluding hydrogens is 228 g/mol. The van der Waals surface area contributed by atoms with Crippen LogP contribution in [0.1, 0.15) is 19.3 Å². The Morgan fingerprint density at radius 1 is 1.06 bits per heavy atom. The first-order valence-corrected chi connectivity index (χ1v) is 6.41. The molecule has 0 unspecified atom stereocenters. The van der Waals surface area contributed by atoms with Crippen LogP contribution in [0.4, 0.5) is 0 Å². The van der Waals surface area contributed by atoms with Crippen molar-refractivity contribution in [2.24, 2.45) is 0 Å². The van der Waals surface area contributed by atoms with Crippen LogP contribution in [0.5, 0.6) is 0 Å². The zero-order valence-electron chi connectivity index (χ0n) is 10.9. The van der Waals surface area contributed by atoms with Crippen LogP contribution in [0, 0.1) is 0 Å². The van der Waals surface area contributed by atoms with Crippen molar-refractivity contribution in [3.8, 4) is 0 Å². The Morgan fingerprint density at radius 2 is 1.78 bits per heavy atom. The van der Waals surface area contributed by atoms with Crippen LogP contribution in [0.2, 0.25) is 0 Å². The van der Waals surface area contributed by atoms with Crippen molar-refractivity contribution in [1.82, 2.24) is 9.80 Å². The first kappa shape index (κ1) is 14.6. The summed E-state index contributed by atoms with van der Waals surface area (Å²) in [7, 11) is 0. The minimum atomic E-state index is 0.273. The maximum absolute atomic E-state index is 10.8. The van der Waals surface area contributed by atoms with Gasteiger partial charge in [0.1, 0.15) is 5.78 Å². The molecule has 2 heterocycles. The van der Waals surface area contributed by atoms with Crippen molar-refractivity contribution in [3.05, 3.63) is 25.3 Å². The zero-order valence-corrected chi connectivity index (χ0v) is 10.9. The second-order valence-electron chi connectivity index (χ2n) is 4.54. The highest BCUT2D eigenvalue weighted by Crippen LogP contribution is 2.08. The highest BCUT2D eigenvalue weighted by atomic mass is 16.2. The second kappa shape index (κ2) is 7.82. The fraction of sp³-hybridized carbons (Fsp3) is 0.571. The highest BCUT2D eigenvalue weighted by molar-refractivity contribution is 5.82. The predicted molar refractivity (Wildman–Crippen MR) is 72.3 cm³/mol. The van der Waals surface area contributed by atoms with Crippen molar-refractivity contribution >= 4 is 11.7 Å². The molecule has 0 atom stereocenters.